The van der Waals surface area contributed by atoms with E-state index in [0.717, 1.165) is 16.6 Å². The van der Waals surface area contributed by atoms with E-state index < -0.39 is 0 Å². The summed E-state index contributed by atoms with van der Waals surface area (Å²) in [5, 5.41) is 0. The molecule has 1 aliphatic carbocycles. The van der Waals surface area contributed by atoms with E-state index in [2.05, 4.69) is 39.3 Å². The van der Waals surface area contributed by atoms with Crippen molar-refractivity contribution in [2.45, 2.75) is 51.5 Å². The van der Waals surface area contributed by atoms with Crippen molar-refractivity contribution in [2.24, 2.45) is 11.3 Å². The van der Waals surface area contributed by atoms with Crippen LogP contribution in [-0.4, -0.2) is 11.0 Å². The highest BCUT2D eigenvalue weighted by Crippen LogP contribution is 2.44. The molecule has 0 amide bonds. The summed E-state index contributed by atoms with van der Waals surface area (Å²) in [6.07, 6.45) is 9.20. The lowest BCUT2D eigenvalue weighted by Gasteiger charge is -2.36. The van der Waals surface area contributed by atoms with E-state index in [4.69, 9.17) is 5.84 Å². The molecule has 18 heavy (non-hydrogen) atoms. The lowest BCUT2D eigenvalue weighted by molar-refractivity contribution is 0.184. The second-order valence-corrected chi connectivity index (χ2v) is 6.23. The second kappa shape index (κ2) is 6.13. The molecule has 1 aliphatic rings. The van der Waals surface area contributed by atoms with Crippen molar-refractivity contribution in [3.8, 4) is 0 Å². The molecule has 3 N–H and O–H groups in total. The maximum Gasteiger partial charge on any atom is 0.0420 e. The smallest absolute Gasteiger partial charge is 0.0420 e. The molecule has 0 spiro atoms. The molecule has 4 heteroatoms. The third kappa shape index (κ3) is 2.92. The summed E-state index contributed by atoms with van der Waals surface area (Å²) >= 11 is 3.42. The largest absolute Gasteiger partial charge is 0.271 e. The monoisotopic (exact) mass is 311 g/mol. The average molecular weight is 312 g/mol. The van der Waals surface area contributed by atoms with Gasteiger partial charge in [-0.1, -0.05) is 19.8 Å². The van der Waals surface area contributed by atoms with Gasteiger partial charge in [-0.05, 0) is 52.7 Å². The maximum atomic E-state index is 5.80. The quantitative estimate of drug-likeness (QED) is 0.648. The first-order chi connectivity index (χ1) is 8.70. The Kier molecular flexibility index (Phi) is 4.76. The number of hydrogen-bond acceptors (Lipinski definition) is 3. The molecule has 1 heterocycles. The number of nitrogens with zero attached hydrogens (tertiary/aromatic N) is 1. The molecule has 1 atom stereocenters. The van der Waals surface area contributed by atoms with Crippen molar-refractivity contribution < 1.29 is 0 Å². The molecule has 0 aromatic carbocycles. The number of halogens is 1. The highest BCUT2D eigenvalue weighted by molar-refractivity contribution is 9.10. The van der Waals surface area contributed by atoms with Crippen LogP contribution in [0.4, 0.5) is 0 Å². The second-order valence-electron chi connectivity index (χ2n) is 5.31. The first-order valence-electron chi connectivity index (χ1n) is 6.77. The minimum absolute atomic E-state index is 0.332. The highest BCUT2D eigenvalue weighted by atomic mass is 79.9. The van der Waals surface area contributed by atoms with Crippen LogP contribution in [-0.2, 0) is 6.42 Å². The zero-order valence-corrected chi connectivity index (χ0v) is 12.5. The Morgan fingerprint density at radius 2 is 2.17 bits per heavy atom. The van der Waals surface area contributed by atoms with Gasteiger partial charge < -0.3 is 0 Å². The van der Waals surface area contributed by atoms with E-state index in [0.29, 0.717) is 11.5 Å². The zero-order chi connectivity index (χ0) is 13.0. The van der Waals surface area contributed by atoms with Crippen molar-refractivity contribution in [3.63, 3.8) is 0 Å². The van der Waals surface area contributed by atoms with E-state index in [1.54, 1.807) is 0 Å². The molecule has 0 saturated heterocycles. The molecule has 3 nitrogen and oxygen atoms in total. The molecular weight excluding hydrogens is 290 g/mol. The molecule has 100 valence electrons. The molecule has 0 radical (unpaired) electrons. The fraction of sp³-hybridized carbons (Fsp3) is 0.643. The average Bonchev–Trinajstić information content (AvgIpc) is 2.88. The van der Waals surface area contributed by atoms with Crippen LogP contribution in [0.5, 0.6) is 0 Å². The van der Waals surface area contributed by atoms with Crippen LogP contribution in [0.1, 0.15) is 44.7 Å². The van der Waals surface area contributed by atoms with E-state index in [-0.39, 0.29) is 0 Å². The van der Waals surface area contributed by atoms with Crippen LogP contribution in [0.25, 0.3) is 0 Å². The van der Waals surface area contributed by atoms with Gasteiger partial charge in [0.25, 0.3) is 0 Å². The number of hydrogen-bond donors (Lipinski definition) is 2. The Bertz CT molecular complexity index is 371. The summed E-state index contributed by atoms with van der Waals surface area (Å²) in [6.45, 7) is 2.28. The lowest BCUT2D eigenvalue weighted by Crippen LogP contribution is -2.48. The molecule has 0 aliphatic heterocycles. The molecule has 1 saturated carbocycles. The van der Waals surface area contributed by atoms with Gasteiger partial charge in [-0.25, -0.2) is 0 Å². The van der Waals surface area contributed by atoms with Gasteiger partial charge in [-0.3, -0.25) is 16.3 Å². The van der Waals surface area contributed by atoms with Gasteiger partial charge in [0.15, 0.2) is 0 Å². The number of nitrogens with two attached hydrogens (primary N) is 1. The molecule has 1 unspecified atom stereocenters. The van der Waals surface area contributed by atoms with Crippen LogP contribution in [0.3, 0.4) is 0 Å². The minimum Gasteiger partial charge on any atom is -0.271 e. The fourth-order valence-electron chi connectivity index (χ4n) is 3.22. The summed E-state index contributed by atoms with van der Waals surface area (Å²) in [5.74, 6) is 5.80. The third-order valence-corrected chi connectivity index (χ3v) is 4.91. The summed E-state index contributed by atoms with van der Waals surface area (Å²) in [4.78, 5) is 4.46. The molecule has 2 rings (SSSR count). The summed E-state index contributed by atoms with van der Waals surface area (Å²) < 4.78 is 1.02. The summed E-state index contributed by atoms with van der Waals surface area (Å²) in [6, 6.07) is 4.45. The molecule has 1 aromatic heterocycles. The van der Waals surface area contributed by atoms with Crippen LogP contribution in [0.2, 0.25) is 0 Å². The SMILES string of the molecule is CCC1(C(Cc2ccc(Br)cn2)NN)CCCC1. The van der Waals surface area contributed by atoms with Crippen molar-refractivity contribution in [1.29, 1.82) is 0 Å². The number of aromatic nitrogens is 1. The molecule has 0 bridgehead atoms. The fourth-order valence-corrected chi connectivity index (χ4v) is 3.45. The van der Waals surface area contributed by atoms with Gasteiger partial charge in [0.1, 0.15) is 0 Å². The lowest BCUT2D eigenvalue weighted by atomic mass is 9.74. The van der Waals surface area contributed by atoms with Gasteiger partial charge in [-0.15, -0.1) is 0 Å². The number of hydrazine groups is 1. The van der Waals surface area contributed by atoms with Crippen LogP contribution in [0.15, 0.2) is 22.8 Å². The first kappa shape index (κ1) is 14.0. The Morgan fingerprint density at radius 1 is 1.44 bits per heavy atom. The minimum atomic E-state index is 0.332. The van der Waals surface area contributed by atoms with Crippen LogP contribution in [0, 0.1) is 5.41 Å². The standard InChI is InChI=1S/C14H22BrN3/c1-2-14(7-3-4-8-14)13(18-16)9-12-6-5-11(15)10-17-12/h5-6,10,13,18H,2-4,7-9,16H2,1H3. The zero-order valence-electron chi connectivity index (χ0n) is 11.0. The number of nitrogens with one attached hydrogen (secondary N) is 1. The molecular formula is C14H22BrN3. The van der Waals surface area contributed by atoms with Crippen molar-refractivity contribution in [3.05, 3.63) is 28.5 Å². The highest BCUT2D eigenvalue weighted by Gasteiger charge is 2.39. The Hall–Kier alpha value is -0.450. The van der Waals surface area contributed by atoms with Crippen molar-refractivity contribution >= 4 is 15.9 Å². The molecule has 1 aromatic rings. The van der Waals surface area contributed by atoms with Gasteiger partial charge in [-0.2, -0.15) is 0 Å². The first-order valence-corrected chi connectivity index (χ1v) is 7.56. The topological polar surface area (TPSA) is 50.9 Å². The Morgan fingerprint density at radius 3 is 2.67 bits per heavy atom. The van der Waals surface area contributed by atoms with E-state index in [1.807, 2.05) is 12.3 Å². The van der Waals surface area contributed by atoms with Crippen LogP contribution < -0.4 is 11.3 Å². The van der Waals surface area contributed by atoms with Gasteiger partial charge >= 0.3 is 0 Å². The van der Waals surface area contributed by atoms with E-state index >= 15 is 0 Å². The molecule has 1 fully saturated rings. The summed E-state index contributed by atoms with van der Waals surface area (Å²) in [7, 11) is 0. The predicted octanol–water partition coefficient (Wildman–Crippen LogP) is 3.19. The Labute approximate surface area is 118 Å². The predicted molar refractivity (Wildman–Crippen MR) is 77.9 cm³/mol. The van der Waals surface area contributed by atoms with Gasteiger partial charge in [0.05, 0.1) is 0 Å². The van der Waals surface area contributed by atoms with Crippen molar-refractivity contribution in [2.75, 3.05) is 0 Å². The Balaban J connectivity index is 2.11. The summed E-state index contributed by atoms with van der Waals surface area (Å²) in [5.41, 5.74) is 4.52. The van der Waals surface area contributed by atoms with Gasteiger partial charge in [0.2, 0.25) is 0 Å². The normalized spacial score (nSPS) is 19.9. The number of rotatable bonds is 5. The van der Waals surface area contributed by atoms with E-state index in [1.165, 1.54) is 32.1 Å². The maximum absolute atomic E-state index is 5.80. The van der Waals surface area contributed by atoms with Crippen LogP contribution >= 0.6 is 15.9 Å². The van der Waals surface area contributed by atoms with E-state index in [9.17, 15) is 0 Å². The number of pyridine rings is 1. The third-order valence-electron chi connectivity index (χ3n) is 4.45. The van der Waals surface area contributed by atoms with Crippen molar-refractivity contribution in [1.82, 2.24) is 10.4 Å². The van der Waals surface area contributed by atoms with Gasteiger partial charge in [0, 0.05) is 28.8 Å².